The van der Waals surface area contributed by atoms with E-state index in [1.807, 2.05) is 18.2 Å². The van der Waals surface area contributed by atoms with Crippen molar-refractivity contribution in [3.63, 3.8) is 0 Å². The van der Waals surface area contributed by atoms with Crippen molar-refractivity contribution in [3.8, 4) is 0 Å². The average molecular weight is 379 g/mol. The Morgan fingerprint density at radius 1 is 1.15 bits per heavy atom. The topological polar surface area (TPSA) is 87.9 Å². The van der Waals surface area contributed by atoms with Crippen LogP contribution in [0.2, 0.25) is 0 Å². The second-order valence-corrected chi connectivity index (χ2v) is 6.97. The molecule has 1 fully saturated rings. The highest BCUT2D eigenvalue weighted by Gasteiger charge is 2.20. The third kappa shape index (κ3) is 9.38. The summed E-state index contributed by atoms with van der Waals surface area (Å²) in [5, 5.41) is 9.16. The monoisotopic (exact) mass is 379 g/mol. The van der Waals surface area contributed by atoms with Crippen molar-refractivity contribution in [2.24, 2.45) is 5.92 Å². The lowest BCUT2D eigenvalue weighted by Crippen LogP contribution is -2.24. The molecule has 1 aromatic rings. The van der Waals surface area contributed by atoms with E-state index in [4.69, 9.17) is 9.47 Å². The summed E-state index contributed by atoms with van der Waals surface area (Å²) in [6, 6.07) is 10.2. The minimum Gasteiger partial charge on any atom is -0.461 e. The highest BCUT2D eigenvalue weighted by molar-refractivity contribution is 5.70. The molecule has 1 atom stereocenters. The van der Waals surface area contributed by atoms with Crippen molar-refractivity contribution in [3.05, 3.63) is 46.0 Å². The lowest BCUT2D eigenvalue weighted by Gasteiger charge is -2.20. The number of carbonyl (C=O) groups excluding carboxylic acids is 1. The summed E-state index contributed by atoms with van der Waals surface area (Å²) < 4.78 is 10.7. The fourth-order valence-corrected chi connectivity index (χ4v) is 3.50. The molecule has 2 rings (SSSR count). The molecule has 0 aromatic heterocycles. The molecular formula is C20H29NO6. The van der Waals surface area contributed by atoms with Crippen LogP contribution >= 0.6 is 0 Å². The molecule has 0 spiro atoms. The number of aryl methyl sites for hydroxylation is 1. The lowest BCUT2D eigenvalue weighted by atomic mass is 9.96. The van der Waals surface area contributed by atoms with Crippen LogP contribution in [0.5, 0.6) is 0 Å². The number of nitrogens with zero attached hydrogens (tertiary/aromatic N) is 1. The van der Waals surface area contributed by atoms with Crippen molar-refractivity contribution in [1.29, 1.82) is 0 Å². The van der Waals surface area contributed by atoms with Crippen molar-refractivity contribution < 1.29 is 24.2 Å². The summed E-state index contributed by atoms with van der Waals surface area (Å²) in [6.45, 7) is -0.432. The van der Waals surface area contributed by atoms with Gasteiger partial charge in [0, 0.05) is 0 Å². The zero-order valence-corrected chi connectivity index (χ0v) is 15.7. The summed E-state index contributed by atoms with van der Waals surface area (Å²) in [6.07, 6.45) is 8.64. The van der Waals surface area contributed by atoms with E-state index in [9.17, 15) is 14.9 Å². The first kappa shape index (κ1) is 21.2. The first-order chi connectivity index (χ1) is 13.1. The van der Waals surface area contributed by atoms with Crippen LogP contribution in [0, 0.1) is 16.0 Å². The van der Waals surface area contributed by atoms with Gasteiger partial charge in [-0.1, -0.05) is 56.0 Å². The van der Waals surface area contributed by atoms with Gasteiger partial charge in [-0.15, -0.1) is 10.1 Å². The molecule has 1 saturated carbocycles. The van der Waals surface area contributed by atoms with Crippen LogP contribution in [-0.4, -0.2) is 37.0 Å². The highest BCUT2D eigenvalue weighted by Crippen LogP contribution is 2.30. The van der Waals surface area contributed by atoms with Crippen LogP contribution in [0.3, 0.4) is 0 Å². The summed E-state index contributed by atoms with van der Waals surface area (Å²) in [4.78, 5) is 26.2. The number of esters is 1. The van der Waals surface area contributed by atoms with E-state index in [1.165, 1.54) is 31.2 Å². The molecule has 1 aliphatic carbocycles. The number of ether oxygens (including phenoxy) is 2. The van der Waals surface area contributed by atoms with E-state index in [1.54, 1.807) is 0 Å². The minimum atomic E-state index is -0.885. The Morgan fingerprint density at radius 3 is 2.59 bits per heavy atom. The van der Waals surface area contributed by atoms with Crippen LogP contribution in [0.15, 0.2) is 30.3 Å². The second kappa shape index (κ2) is 12.3. The van der Waals surface area contributed by atoms with Crippen molar-refractivity contribution in [2.75, 3.05) is 19.8 Å². The van der Waals surface area contributed by atoms with Gasteiger partial charge in [0.05, 0.1) is 6.61 Å². The number of hydrogen-bond acceptors (Lipinski definition) is 6. The van der Waals surface area contributed by atoms with Gasteiger partial charge in [0.1, 0.15) is 19.3 Å². The highest BCUT2D eigenvalue weighted by atomic mass is 17.0. The number of carbonyl (C=O) groups is 1. The molecule has 0 N–H and O–H groups in total. The zero-order valence-electron chi connectivity index (χ0n) is 15.7. The average Bonchev–Trinajstić information content (AvgIpc) is 3.18. The maximum Gasteiger partial charge on any atom is 0.332 e. The van der Waals surface area contributed by atoms with E-state index >= 15 is 0 Å². The molecule has 7 nitrogen and oxygen atoms in total. The van der Waals surface area contributed by atoms with Crippen LogP contribution in [0.1, 0.15) is 50.5 Å². The van der Waals surface area contributed by atoms with Crippen LogP contribution in [0.25, 0.3) is 0 Å². The fourth-order valence-electron chi connectivity index (χ4n) is 3.50. The quantitative estimate of drug-likeness (QED) is 0.225. The molecule has 0 aliphatic heterocycles. The van der Waals surface area contributed by atoms with Gasteiger partial charge in [-0.2, -0.15) is 0 Å². The Bertz CT molecular complexity index is 559. The van der Waals surface area contributed by atoms with Gasteiger partial charge in [-0.25, -0.2) is 4.79 Å². The normalized spacial score (nSPS) is 15.4. The Morgan fingerprint density at radius 2 is 1.89 bits per heavy atom. The van der Waals surface area contributed by atoms with Crippen molar-refractivity contribution >= 4 is 5.97 Å². The molecule has 1 aliphatic rings. The standard InChI is InChI=1S/C20H29NO6/c22-20(16-25-14-15-26-21(23)24)27-19(13-11-18-8-4-5-9-18)12-10-17-6-2-1-3-7-17/h1-3,6-7,18-19H,4-5,8-16H2. The van der Waals surface area contributed by atoms with Gasteiger partial charge in [0.25, 0.3) is 5.09 Å². The molecule has 0 radical (unpaired) electrons. The third-order valence-electron chi connectivity index (χ3n) is 4.91. The van der Waals surface area contributed by atoms with E-state index in [0.717, 1.165) is 31.6 Å². The third-order valence-corrected chi connectivity index (χ3v) is 4.91. The molecule has 1 unspecified atom stereocenters. The van der Waals surface area contributed by atoms with Gasteiger partial charge < -0.3 is 14.3 Å². The maximum atomic E-state index is 12.0. The first-order valence-corrected chi connectivity index (χ1v) is 9.72. The molecule has 0 bridgehead atoms. The largest absolute Gasteiger partial charge is 0.461 e. The van der Waals surface area contributed by atoms with Crippen molar-refractivity contribution in [1.82, 2.24) is 0 Å². The second-order valence-electron chi connectivity index (χ2n) is 6.97. The Balaban J connectivity index is 1.73. The number of benzene rings is 1. The van der Waals surface area contributed by atoms with Crippen LogP contribution in [-0.2, 0) is 25.5 Å². The molecule has 150 valence electrons. The first-order valence-electron chi connectivity index (χ1n) is 9.72. The smallest absolute Gasteiger partial charge is 0.332 e. The molecule has 0 heterocycles. The van der Waals surface area contributed by atoms with E-state index in [0.29, 0.717) is 0 Å². The van der Waals surface area contributed by atoms with Crippen LogP contribution in [0.4, 0.5) is 0 Å². The molecule has 7 heteroatoms. The Hall–Kier alpha value is -2.15. The predicted molar refractivity (Wildman–Crippen MR) is 99.6 cm³/mol. The number of hydrogen-bond donors (Lipinski definition) is 0. The van der Waals surface area contributed by atoms with Gasteiger partial charge in [-0.3, -0.25) is 0 Å². The van der Waals surface area contributed by atoms with Gasteiger partial charge >= 0.3 is 5.97 Å². The lowest BCUT2D eigenvalue weighted by molar-refractivity contribution is -0.758. The number of rotatable bonds is 13. The van der Waals surface area contributed by atoms with E-state index < -0.39 is 11.1 Å². The predicted octanol–water partition coefficient (Wildman–Crippen LogP) is 3.73. The molecule has 1 aromatic carbocycles. The zero-order chi connectivity index (χ0) is 19.3. The minimum absolute atomic E-state index is 0.0210. The Labute approximate surface area is 160 Å². The summed E-state index contributed by atoms with van der Waals surface area (Å²) in [5.41, 5.74) is 1.23. The van der Waals surface area contributed by atoms with Gasteiger partial charge in [0.2, 0.25) is 0 Å². The summed E-state index contributed by atoms with van der Waals surface area (Å²) in [5.74, 6) is 0.319. The molecule has 0 saturated heterocycles. The van der Waals surface area contributed by atoms with Crippen molar-refractivity contribution in [2.45, 2.75) is 57.5 Å². The Kier molecular flexibility index (Phi) is 9.62. The van der Waals surface area contributed by atoms with Gasteiger partial charge in [-0.05, 0) is 37.2 Å². The molecule has 27 heavy (non-hydrogen) atoms. The summed E-state index contributed by atoms with van der Waals surface area (Å²) >= 11 is 0. The summed E-state index contributed by atoms with van der Waals surface area (Å²) in [7, 11) is 0. The van der Waals surface area contributed by atoms with Crippen LogP contribution < -0.4 is 0 Å². The SMILES string of the molecule is O=C(COCCO[N+](=O)[O-])OC(CCc1ccccc1)CCC1CCCC1. The van der Waals surface area contributed by atoms with E-state index in [2.05, 4.69) is 17.0 Å². The molecule has 0 amide bonds. The van der Waals surface area contributed by atoms with E-state index in [-0.39, 0.29) is 25.9 Å². The van der Waals surface area contributed by atoms with Gasteiger partial charge in [0.15, 0.2) is 0 Å². The molecular weight excluding hydrogens is 350 g/mol. The fraction of sp³-hybridized carbons (Fsp3) is 0.650. The maximum absolute atomic E-state index is 12.0.